The number of rotatable bonds is 9. The maximum absolute atomic E-state index is 5.72. The van der Waals surface area contributed by atoms with Gasteiger partial charge in [0.15, 0.2) is 0 Å². The van der Waals surface area contributed by atoms with Crippen LogP contribution in [0.2, 0.25) is 0 Å². The van der Waals surface area contributed by atoms with Gasteiger partial charge in [0.2, 0.25) is 0 Å². The van der Waals surface area contributed by atoms with E-state index < -0.39 is 0 Å². The second-order valence-electron chi connectivity index (χ2n) is 5.01. The predicted octanol–water partition coefficient (Wildman–Crippen LogP) is 5.37. The van der Waals surface area contributed by atoms with Crippen LogP contribution in [-0.4, -0.2) is 6.61 Å². The van der Waals surface area contributed by atoms with Crippen LogP contribution < -0.4 is 10.1 Å². The van der Waals surface area contributed by atoms with Crippen molar-refractivity contribution in [3.8, 4) is 5.75 Å². The Labute approximate surface area is 139 Å². The quantitative estimate of drug-likeness (QED) is 0.601. The molecule has 1 aromatic carbocycles. The standard InChI is InChI=1S/C17H22BrNOS/c1-2-3-4-11-20-15-7-5-14(6-8-15)12-19-13-16-9-10-17(18)21-16/h5-10,19H,2-4,11-13H2,1H3. The third kappa shape index (κ3) is 6.20. The lowest BCUT2D eigenvalue weighted by Crippen LogP contribution is -2.11. The molecule has 0 saturated carbocycles. The lowest BCUT2D eigenvalue weighted by Gasteiger charge is -2.07. The normalized spacial score (nSPS) is 10.8. The van der Waals surface area contributed by atoms with Crippen LogP contribution in [0.4, 0.5) is 0 Å². The highest BCUT2D eigenvalue weighted by atomic mass is 79.9. The largest absolute Gasteiger partial charge is 0.494 e. The number of hydrogen-bond acceptors (Lipinski definition) is 3. The summed E-state index contributed by atoms with van der Waals surface area (Å²) in [6, 6.07) is 12.6. The summed E-state index contributed by atoms with van der Waals surface area (Å²) in [6.45, 7) is 4.81. The van der Waals surface area contributed by atoms with E-state index in [0.29, 0.717) is 0 Å². The summed E-state index contributed by atoms with van der Waals surface area (Å²) >= 11 is 5.26. The minimum atomic E-state index is 0.818. The predicted molar refractivity (Wildman–Crippen MR) is 94.0 cm³/mol. The molecule has 0 fully saturated rings. The van der Waals surface area contributed by atoms with Crippen molar-refractivity contribution in [3.63, 3.8) is 0 Å². The molecule has 0 aliphatic carbocycles. The Morgan fingerprint density at radius 3 is 2.52 bits per heavy atom. The number of halogens is 1. The fourth-order valence-electron chi connectivity index (χ4n) is 2.02. The highest BCUT2D eigenvalue weighted by Crippen LogP contribution is 2.21. The zero-order valence-corrected chi connectivity index (χ0v) is 14.8. The molecule has 1 N–H and O–H groups in total. The van der Waals surface area contributed by atoms with Crippen molar-refractivity contribution in [1.82, 2.24) is 5.32 Å². The zero-order chi connectivity index (χ0) is 14.9. The molecule has 0 amide bonds. The van der Waals surface area contributed by atoms with Crippen LogP contribution in [0.1, 0.15) is 36.6 Å². The summed E-state index contributed by atoms with van der Waals surface area (Å²) in [6.07, 6.45) is 3.60. The summed E-state index contributed by atoms with van der Waals surface area (Å²) in [5.41, 5.74) is 1.28. The van der Waals surface area contributed by atoms with Gasteiger partial charge in [-0.2, -0.15) is 0 Å². The maximum atomic E-state index is 5.72. The number of ether oxygens (including phenoxy) is 1. The van der Waals surface area contributed by atoms with Crippen molar-refractivity contribution >= 4 is 27.3 Å². The summed E-state index contributed by atoms with van der Waals surface area (Å²) in [5.74, 6) is 0.969. The molecule has 0 atom stereocenters. The Balaban J connectivity index is 1.69. The first kappa shape index (κ1) is 16.5. The van der Waals surface area contributed by atoms with Crippen molar-refractivity contribution in [2.75, 3.05) is 6.61 Å². The van der Waals surface area contributed by atoms with Crippen LogP contribution in [0.15, 0.2) is 40.2 Å². The van der Waals surface area contributed by atoms with Crippen molar-refractivity contribution < 1.29 is 4.74 Å². The van der Waals surface area contributed by atoms with Crippen LogP contribution in [0, 0.1) is 0 Å². The fraction of sp³-hybridized carbons (Fsp3) is 0.412. The molecule has 0 aliphatic heterocycles. The van der Waals surface area contributed by atoms with Gasteiger partial charge in [0.25, 0.3) is 0 Å². The molecule has 0 unspecified atom stereocenters. The number of nitrogens with one attached hydrogen (secondary N) is 1. The van der Waals surface area contributed by atoms with Crippen molar-refractivity contribution in [2.45, 2.75) is 39.3 Å². The SMILES string of the molecule is CCCCCOc1ccc(CNCc2ccc(Br)s2)cc1. The Morgan fingerprint density at radius 1 is 1.05 bits per heavy atom. The molecule has 2 aromatic rings. The van der Waals surface area contributed by atoms with Crippen molar-refractivity contribution in [1.29, 1.82) is 0 Å². The molecular formula is C17H22BrNOS. The Kier molecular flexibility index (Phi) is 7.27. The van der Waals surface area contributed by atoms with Gasteiger partial charge in [0.05, 0.1) is 10.4 Å². The highest BCUT2D eigenvalue weighted by Gasteiger charge is 1.99. The molecule has 2 rings (SSSR count). The highest BCUT2D eigenvalue weighted by molar-refractivity contribution is 9.11. The van der Waals surface area contributed by atoms with Crippen molar-refractivity contribution in [3.05, 3.63) is 50.6 Å². The minimum Gasteiger partial charge on any atom is -0.494 e. The Morgan fingerprint density at radius 2 is 1.86 bits per heavy atom. The molecule has 21 heavy (non-hydrogen) atoms. The molecule has 1 heterocycles. The van der Waals surface area contributed by atoms with Gasteiger partial charge >= 0.3 is 0 Å². The summed E-state index contributed by atoms with van der Waals surface area (Å²) < 4.78 is 6.90. The van der Waals surface area contributed by atoms with Crippen LogP contribution in [0.3, 0.4) is 0 Å². The van der Waals surface area contributed by atoms with E-state index >= 15 is 0 Å². The molecule has 0 aliphatic rings. The van der Waals surface area contributed by atoms with E-state index in [-0.39, 0.29) is 0 Å². The van der Waals surface area contributed by atoms with E-state index in [1.807, 2.05) is 0 Å². The van der Waals surface area contributed by atoms with E-state index in [0.717, 1.165) is 31.9 Å². The maximum Gasteiger partial charge on any atom is 0.119 e. The summed E-state index contributed by atoms with van der Waals surface area (Å²) in [5, 5.41) is 3.46. The molecule has 2 nitrogen and oxygen atoms in total. The lowest BCUT2D eigenvalue weighted by molar-refractivity contribution is 0.306. The summed E-state index contributed by atoms with van der Waals surface area (Å²) in [4.78, 5) is 1.35. The summed E-state index contributed by atoms with van der Waals surface area (Å²) in [7, 11) is 0. The minimum absolute atomic E-state index is 0.818. The number of benzene rings is 1. The smallest absolute Gasteiger partial charge is 0.119 e. The molecule has 4 heteroatoms. The average Bonchev–Trinajstić information content (AvgIpc) is 2.91. The molecular weight excluding hydrogens is 346 g/mol. The topological polar surface area (TPSA) is 21.3 Å². The van der Waals surface area contributed by atoms with Crippen molar-refractivity contribution in [2.24, 2.45) is 0 Å². The van der Waals surface area contributed by atoms with E-state index in [4.69, 9.17) is 4.74 Å². The van der Waals surface area contributed by atoms with Gasteiger partial charge in [-0.05, 0) is 52.2 Å². The molecule has 0 radical (unpaired) electrons. The second kappa shape index (κ2) is 9.23. The zero-order valence-electron chi connectivity index (χ0n) is 12.4. The molecule has 0 saturated heterocycles. The van der Waals surface area contributed by atoms with Crippen LogP contribution in [0.5, 0.6) is 5.75 Å². The number of unbranched alkanes of at least 4 members (excludes halogenated alkanes) is 2. The fourth-order valence-corrected chi connectivity index (χ4v) is 3.48. The van der Waals surface area contributed by atoms with Gasteiger partial charge in [-0.1, -0.05) is 31.9 Å². The second-order valence-corrected chi connectivity index (χ2v) is 7.56. The molecule has 114 valence electrons. The molecule has 0 bridgehead atoms. The van der Waals surface area contributed by atoms with Crippen LogP contribution in [0.25, 0.3) is 0 Å². The van der Waals surface area contributed by atoms with E-state index in [2.05, 4.69) is 64.6 Å². The lowest BCUT2D eigenvalue weighted by atomic mass is 10.2. The van der Waals surface area contributed by atoms with Crippen LogP contribution in [-0.2, 0) is 13.1 Å². The Hall–Kier alpha value is -0.840. The van der Waals surface area contributed by atoms with E-state index in [1.54, 1.807) is 11.3 Å². The van der Waals surface area contributed by atoms with Gasteiger partial charge in [-0.3, -0.25) is 0 Å². The Bertz CT molecular complexity index is 524. The first-order chi connectivity index (χ1) is 10.3. The third-order valence-corrected chi connectivity index (χ3v) is 4.82. The van der Waals surface area contributed by atoms with Gasteiger partial charge < -0.3 is 10.1 Å². The van der Waals surface area contributed by atoms with Gasteiger partial charge in [-0.25, -0.2) is 0 Å². The monoisotopic (exact) mass is 367 g/mol. The molecule has 1 aromatic heterocycles. The first-order valence-electron chi connectivity index (χ1n) is 7.44. The third-order valence-electron chi connectivity index (χ3n) is 3.20. The first-order valence-corrected chi connectivity index (χ1v) is 9.05. The van der Waals surface area contributed by atoms with Gasteiger partial charge in [0.1, 0.15) is 5.75 Å². The molecule has 0 spiro atoms. The van der Waals surface area contributed by atoms with Gasteiger partial charge in [-0.15, -0.1) is 11.3 Å². The average molecular weight is 368 g/mol. The number of thiophene rings is 1. The van der Waals surface area contributed by atoms with E-state index in [1.165, 1.54) is 27.1 Å². The van der Waals surface area contributed by atoms with E-state index in [9.17, 15) is 0 Å². The van der Waals surface area contributed by atoms with Gasteiger partial charge in [0, 0.05) is 18.0 Å². The van der Waals surface area contributed by atoms with Crippen LogP contribution >= 0.6 is 27.3 Å². The number of hydrogen-bond donors (Lipinski definition) is 1.